The topological polar surface area (TPSA) is 69.7 Å². The molecule has 6 heteroatoms. The maximum atomic E-state index is 14.2. The molecular weight excluding hydrogens is 450 g/mol. The second-order valence-corrected chi connectivity index (χ2v) is 9.74. The summed E-state index contributed by atoms with van der Waals surface area (Å²) in [6.07, 6.45) is 3.95. The van der Waals surface area contributed by atoms with Crippen LogP contribution in [-0.4, -0.2) is 35.2 Å². The summed E-state index contributed by atoms with van der Waals surface area (Å²) in [5.41, 5.74) is 2.24. The minimum atomic E-state index is -1.25. The molecule has 6 nitrogen and oxygen atoms in total. The van der Waals surface area contributed by atoms with Crippen molar-refractivity contribution < 1.29 is 14.4 Å². The van der Waals surface area contributed by atoms with E-state index >= 15 is 0 Å². The van der Waals surface area contributed by atoms with Crippen LogP contribution in [0.2, 0.25) is 0 Å². The van der Waals surface area contributed by atoms with E-state index in [1.165, 1.54) is 4.90 Å². The van der Waals surface area contributed by atoms with E-state index in [4.69, 9.17) is 0 Å². The van der Waals surface area contributed by atoms with Crippen LogP contribution in [-0.2, 0) is 26.5 Å². The Morgan fingerprint density at radius 2 is 1.50 bits per heavy atom. The number of imide groups is 1. The van der Waals surface area contributed by atoms with Crippen LogP contribution in [0.25, 0.3) is 6.08 Å². The summed E-state index contributed by atoms with van der Waals surface area (Å²) in [5.74, 6) is -2.03. The molecule has 0 saturated carbocycles. The number of carbonyl (C=O) groups excluding carboxylic acids is 3. The Morgan fingerprint density at radius 3 is 2.25 bits per heavy atom. The van der Waals surface area contributed by atoms with Gasteiger partial charge in [-0.3, -0.25) is 24.6 Å². The summed E-state index contributed by atoms with van der Waals surface area (Å²) in [7, 11) is 0. The minimum absolute atomic E-state index is 0.177. The molecule has 180 valence electrons. The SMILES string of the molecule is C[C@@H]1N[C@]2(C(=O)N(C/C=C\c3ccccc3)c3ccccc32)[C@@H]2C(=O)N(Cc3ccccc3)C(=O)[C@H]12. The number of nitrogens with zero attached hydrogens (tertiary/aromatic N) is 2. The summed E-state index contributed by atoms with van der Waals surface area (Å²) in [5, 5.41) is 3.44. The van der Waals surface area contributed by atoms with E-state index < -0.39 is 17.4 Å². The van der Waals surface area contributed by atoms with E-state index in [0.29, 0.717) is 6.54 Å². The van der Waals surface area contributed by atoms with Crippen molar-refractivity contribution in [3.05, 3.63) is 108 Å². The van der Waals surface area contributed by atoms with Crippen molar-refractivity contribution in [2.45, 2.75) is 25.0 Å². The lowest BCUT2D eigenvalue weighted by Crippen LogP contribution is -2.54. The van der Waals surface area contributed by atoms with Crippen molar-refractivity contribution in [1.29, 1.82) is 0 Å². The maximum Gasteiger partial charge on any atom is 0.253 e. The molecule has 0 unspecified atom stereocenters. The molecule has 1 N–H and O–H groups in total. The smallest absolute Gasteiger partial charge is 0.253 e. The van der Waals surface area contributed by atoms with Gasteiger partial charge >= 0.3 is 0 Å². The zero-order valence-corrected chi connectivity index (χ0v) is 20.0. The van der Waals surface area contributed by atoms with Crippen molar-refractivity contribution in [3.63, 3.8) is 0 Å². The van der Waals surface area contributed by atoms with Crippen LogP contribution in [0.1, 0.15) is 23.6 Å². The Kier molecular flexibility index (Phi) is 5.34. The monoisotopic (exact) mass is 477 g/mol. The molecule has 0 radical (unpaired) electrons. The molecule has 2 fully saturated rings. The van der Waals surface area contributed by atoms with Crippen molar-refractivity contribution in [1.82, 2.24) is 10.2 Å². The van der Waals surface area contributed by atoms with Gasteiger partial charge in [0.25, 0.3) is 5.91 Å². The van der Waals surface area contributed by atoms with Crippen LogP contribution in [0.15, 0.2) is 91.0 Å². The highest BCUT2D eigenvalue weighted by molar-refractivity contribution is 6.16. The molecule has 0 aromatic heterocycles. The van der Waals surface area contributed by atoms with Gasteiger partial charge in [-0.2, -0.15) is 0 Å². The summed E-state index contributed by atoms with van der Waals surface area (Å²) in [6, 6.07) is 26.7. The van der Waals surface area contributed by atoms with Crippen LogP contribution in [0.4, 0.5) is 5.69 Å². The van der Waals surface area contributed by atoms with E-state index in [9.17, 15) is 14.4 Å². The number of rotatable bonds is 5. The second-order valence-electron chi connectivity index (χ2n) is 9.74. The van der Waals surface area contributed by atoms with Crippen molar-refractivity contribution in [3.8, 4) is 0 Å². The van der Waals surface area contributed by atoms with Crippen LogP contribution in [0, 0.1) is 11.8 Å². The quantitative estimate of drug-likeness (QED) is 0.569. The van der Waals surface area contributed by atoms with Gasteiger partial charge in [-0.25, -0.2) is 0 Å². The van der Waals surface area contributed by atoms with Crippen molar-refractivity contribution in [2.24, 2.45) is 11.8 Å². The van der Waals surface area contributed by atoms with E-state index in [1.807, 2.05) is 104 Å². The highest BCUT2D eigenvalue weighted by Crippen LogP contribution is 2.54. The number of likely N-dealkylation sites (tertiary alicyclic amines) is 1. The normalized spacial score (nSPS) is 26.9. The van der Waals surface area contributed by atoms with Crippen LogP contribution in [0.5, 0.6) is 0 Å². The summed E-state index contributed by atoms with van der Waals surface area (Å²) in [4.78, 5) is 44.6. The van der Waals surface area contributed by atoms with Crippen molar-refractivity contribution >= 4 is 29.5 Å². The summed E-state index contributed by atoms with van der Waals surface area (Å²) >= 11 is 0. The molecule has 3 amide bonds. The molecule has 1 spiro atoms. The Hall–Kier alpha value is -4.03. The number of benzene rings is 3. The molecule has 2 saturated heterocycles. The third-order valence-corrected chi connectivity index (χ3v) is 7.69. The number of carbonyl (C=O) groups is 3. The van der Waals surface area contributed by atoms with Gasteiger partial charge in [0.1, 0.15) is 5.54 Å². The Bertz CT molecular complexity index is 1370. The third kappa shape index (κ3) is 3.25. The zero-order chi connectivity index (χ0) is 24.9. The first-order chi connectivity index (χ1) is 17.5. The first-order valence-corrected chi connectivity index (χ1v) is 12.3. The number of amides is 3. The average molecular weight is 478 g/mol. The minimum Gasteiger partial charge on any atom is -0.306 e. The predicted octanol–water partition coefficient (Wildman–Crippen LogP) is 3.74. The number of anilines is 1. The zero-order valence-electron chi connectivity index (χ0n) is 20.0. The lowest BCUT2D eigenvalue weighted by atomic mass is 9.76. The lowest BCUT2D eigenvalue weighted by Gasteiger charge is -2.30. The van der Waals surface area contributed by atoms with E-state index in [2.05, 4.69) is 5.32 Å². The fraction of sp³-hybridized carbons (Fsp3) is 0.233. The van der Waals surface area contributed by atoms with Gasteiger partial charge in [0.2, 0.25) is 11.8 Å². The largest absolute Gasteiger partial charge is 0.306 e. The molecule has 6 rings (SSSR count). The second kappa shape index (κ2) is 8.57. The lowest BCUT2D eigenvalue weighted by molar-refractivity contribution is -0.143. The molecule has 3 heterocycles. The molecule has 36 heavy (non-hydrogen) atoms. The maximum absolute atomic E-state index is 14.2. The summed E-state index contributed by atoms with van der Waals surface area (Å²) < 4.78 is 0. The Balaban J connectivity index is 1.36. The highest BCUT2D eigenvalue weighted by atomic mass is 16.2. The average Bonchev–Trinajstić information content (AvgIpc) is 3.44. The molecule has 3 aromatic carbocycles. The van der Waals surface area contributed by atoms with E-state index in [1.54, 1.807) is 4.90 Å². The molecule has 4 atom stereocenters. The van der Waals surface area contributed by atoms with Crippen LogP contribution < -0.4 is 10.2 Å². The molecule has 3 aromatic rings. The first kappa shape index (κ1) is 22.4. The van der Waals surface area contributed by atoms with Gasteiger partial charge < -0.3 is 4.90 Å². The molecule has 3 aliphatic heterocycles. The number of hydrogen-bond acceptors (Lipinski definition) is 4. The Morgan fingerprint density at radius 1 is 0.833 bits per heavy atom. The van der Waals surface area contributed by atoms with Gasteiger partial charge in [0.05, 0.1) is 18.4 Å². The fourth-order valence-corrected chi connectivity index (χ4v) is 6.13. The number of nitrogens with one attached hydrogen (secondary N) is 1. The van der Waals surface area contributed by atoms with Gasteiger partial charge in [0.15, 0.2) is 0 Å². The fourth-order valence-electron chi connectivity index (χ4n) is 6.13. The summed E-state index contributed by atoms with van der Waals surface area (Å²) in [6.45, 7) is 2.49. The molecular formula is C30H27N3O3. The highest BCUT2D eigenvalue weighted by Gasteiger charge is 2.70. The van der Waals surface area contributed by atoms with Gasteiger partial charge in [-0.1, -0.05) is 91.0 Å². The van der Waals surface area contributed by atoms with E-state index in [0.717, 1.165) is 22.4 Å². The van der Waals surface area contributed by atoms with E-state index in [-0.39, 0.29) is 30.3 Å². The van der Waals surface area contributed by atoms with Crippen LogP contribution in [0.3, 0.4) is 0 Å². The predicted molar refractivity (Wildman–Crippen MR) is 138 cm³/mol. The molecule has 0 aliphatic carbocycles. The number of hydrogen-bond donors (Lipinski definition) is 1. The van der Waals surface area contributed by atoms with Gasteiger partial charge in [-0.15, -0.1) is 0 Å². The van der Waals surface area contributed by atoms with Gasteiger partial charge in [0, 0.05) is 23.8 Å². The number of fused-ring (bicyclic) bond motifs is 4. The first-order valence-electron chi connectivity index (χ1n) is 12.3. The van der Waals surface area contributed by atoms with Gasteiger partial charge in [-0.05, 0) is 24.1 Å². The number of para-hydroxylation sites is 1. The third-order valence-electron chi connectivity index (χ3n) is 7.69. The van der Waals surface area contributed by atoms with Crippen LogP contribution >= 0.6 is 0 Å². The standard InChI is InChI=1S/C30H27N3O3/c1-20-25-26(28(35)33(27(25)34)19-22-13-6-3-7-14-22)30(31-20)23-16-8-9-17-24(23)32(29(30)36)18-10-15-21-11-4-2-5-12-21/h2-17,20,25-26,31H,18-19H2,1H3/b15-10-/t20-,25+,26-,30-/m0/s1. The molecule has 0 bridgehead atoms. The Labute approximate surface area is 210 Å². The molecule has 3 aliphatic rings. The van der Waals surface area contributed by atoms with Crippen molar-refractivity contribution in [2.75, 3.05) is 11.4 Å².